The molecule has 0 spiro atoms. The maximum Gasteiger partial charge on any atom is 0.352 e. The number of aromatic nitrogens is 3. The molecule has 4 heterocycles. The monoisotopic (exact) mass is 709 g/mol. The van der Waals surface area contributed by atoms with Crippen molar-refractivity contribution in [3.05, 3.63) is 46.0 Å². The van der Waals surface area contributed by atoms with Gasteiger partial charge in [0, 0.05) is 18.7 Å². The molecule has 10 N–H and O–H groups in total. The molecule has 2 aromatic rings. The van der Waals surface area contributed by atoms with Crippen LogP contribution in [0.2, 0.25) is 4.34 Å². The number of carbonyl (C=O) groups excluding carboxylic acids is 3. The Hall–Kier alpha value is -4.79. The van der Waals surface area contributed by atoms with Crippen molar-refractivity contribution in [2.75, 3.05) is 29.1 Å². The molecule has 47 heavy (non-hydrogen) atoms. The fourth-order valence-electron chi connectivity index (χ4n) is 4.16. The molecule has 2 aliphatic heterocycles. The van der Waals surface area contributed by atoms with Crippen LogP contribution in [0.3, 0.4) is 0 Å². The van der Waals surface area contributed by atoms with Crippen LogP contribution >= 0.6 is 34.7 Å². The Labute approximate surface area is 279 Å². The summed E-state index contributed by atoms with van der Waals surface area (Å²) in [6.07, 6.45) is 6.30. The molecule has 1 unspecified atom stereocenters. The van der Waals surface area contributed by atoms with Gasteiger partial charge >= 0.3 is 11.9 Å². The lowest BCUT2D eigenvalue weighted by Crippen LogP contribution is -2.71. The number of nitrogen functional groups attached to an aromatic ring is 2. The zero-order valence-electron chi connectivity index (χ0n) is 24.8. The Morgan fingerprint density at radius 2 is 2.02 bits per heavy atom. The highest BCUT2D eigenvalue weighted by atomic mass is 35.5. The maximum absolute atomic E-state index is 13.3. The zero-order chi connectivity index (χ0) is 34.6. The Kier molecular flexibility index (Phi) is 10.7. The number of fused-ring (bicyclic) bond motifs is 1. The van der Waals surface area contributed by atoms with Crippen LogP contribution in [0.1, 0.15) is 26.0 Å². The van der Waals surface area contributed by atoms with E-state index in [0.717, 1.165) is 16.2 Å². The number of carboxylic acid groups (broad SMARTS) is 2. The van der Waals surface area contributed by atoms with Crippen molar-refractivity contribution in [2.24, 2.45) is 10.9 Å². The number of aliphatic carboxylic acids is 2. The van der Waals surface area contributed by atoms with E-state index in [2.05, 4.69) is 25.8 Å². The van der Waals surface area contributed by atoms with E-state index in [1.165, 1.54) is 31.9 Å². The van der Waals surface area contributed by atoms with E-state index in [4.69, 9.17) is 33.6 Å². The number of nitrogens with two attached hydrogens (primary N) is 3. The zero-order valence-corrected chi connectivity index (χ0v) is 27.2. The van der Waals surface area contributed by atoms with Gasteiger partial charge in [-0.15, -0.1) is 11.8 Å². The molecular weight excluding hydrogens is 680 g/mol. The summed E-state index contributed by atoms with van der Waals surface area (Å²) in [5, 5.41) is 27.4. The molecule has 2 aromatic heterocycles. The van der Waals surface area contributed by atoms with Crippen LogP contribution < -0.4 is 32.4 Å². The first-order valence-corrected chi connectivity index (χ1v) is 15.8. The third-order valence-electron chi connectivity index (χ3n) is 6.61. The Morgan fingerprint density at radius 1 is 1.30 bits per heavy atom. The highest BCUT2D eigenvalue weighted by Gasteiger charge is 2.54. The molecule has 0 radical (unpaired) electrons. The van der Waals surface area contributed by atoms with Crippen LogP contribution in [-0.4, -0.2) is 89.8 Å². The quantitative estimate of drug-likeness (QED) is 0.0598. The van der Waals surface area contributed by atoms with E-state index in [-0.39, 0.29) is 63.5 Å². The number of hydrogen-bond acceptors (Lipinski definition) is 14. The summed E-state index contributed by atoms with van der Waals surface area (Å²) in [4.78, 5) is 76.4. The smallest absolute Gasteiger partial charge is 0.352 e. The average Bonchev–Trinajstić information content (AvgIpc) is 3.33. The van der Waals surface area contributed by atoms with Crippen LogP contribution in [0.25, 0.3) is 0 Å². The van der Waals surface area contributed by atoms with E-state index in [1.54, 1.807) is 22.9 Å². The van der Waals surface area contributed by atoms with Gasteiger partial charge in [0.25, 0.3) is 24.0 Å². The van der Waals surface area contributed by atoms with Gasteiger partial charge in [-0.3, -0.25) is 19.3 Å². The number of anilines is 3. The summed E-state index contributed by atoms with van der Waals surface area (Å²) >= 11 is 8.22. The number of amides is 3. The number of halogens is 1. The van der Waals surface area contributed by atoms with E-state index in [0.29, 0.717) is 5.57 Å². The Morgan fingerprint density at radius 3 is 2.64 bits per heavy atom. The van der Waals surface area contributed by atoms with Crippen molar-refractivity contribution in [2.45, 2.75) is 43.8 Å². The number of rotatable bonds is 13. The molecule has 2 atom stereocenters. The standard InChI is InChI=1S/C26H29ClN10O8S2/c1-26(2,24(43)44)45-35-15(14-18(27)47-25(30)34-14)20(39)33-16-21(40)37-17(23(41)42)11(9-46-22(16)37)4-3-7-36-8-12(19(29)31-10-36)32-13(38)5-6-28/h3-4,8,10,16,22,29H,5-7,9,28H2,1-2H3,(H6,30,32,33,34,38,39,41,42,43,44)/p+1/b4-3+,35-15-/t16-,22?/m1/s1. The van der Waals surface area contributed by atoms with Crippen LogP contribution in [0.5, 0.6) is 0 Å². The predicted octanol–water partition coefficient (Wildman–Crippen LogP) is -0.490. The summed E-state index contributed by atoms with van der Waals surface area (Å²) < 4.78 is 1.57. The first-order valence-electron chi connectivity index (χ1n) is 13.6. The van der Waals surface area contributed by atoms with Gasteiger partial charge < -0.3 is 42.9 Å². The van der Waals surface area contributed by atoms with Gasteiger partial charge in [0.15, 0.2) is 16.5 Å². The van der Waals surface area contributed by atoms with Crippen molar-refractivity contribution in [1.82, 2.24) is 20.2 Å². The highest BCUT2D eigenvalue weighted by Crippen LogP contribution is 2.40. The second-order valence-electron chi connectivity index (χ2n) is 10.4. The SMILES string of the molecule is CC(C)(O/N=C(\C(=O)N[C@@H]1C(=O)N2C(C(=O)O)=C(/C=C/C[n+]3cnc(N)c(NC(=O)CCN)c3)CSC12)c1nc(N)sc1Cl)C(=O)O. The van der Waals surface area contributed by atoms with Crippen LogP contribution in [0, 0.1) is 0 Å². The number of nitrogens with zero attached hydrogens (tertiary/aromatic N) is 5. The first kappa shape index (κ1) is 35.1. The number of thioether (sulfide) groups is 1. The fourth-order valence-corrected chi connectivity index (χ4v) is 6.41. The van der Waals surface area contributed by atoms with Crippen LogP contribution in [0.15, 0.2) is 41.1 Å². The molecule has 0 saturated carbocycles. The second-order valence-corrected chi connectivity index (χ2v) is 13.2. The lowest BCUT2D eigenvalue weighted by Gasteiger charge is -2.49. The summed E-state index contributed by atoms with van der Waals surface area (Å²) in [5.74, 6) is -4.45. The molecule has 21 heteroatoms. The number of allylic oxidation sites excluding steroid dienone is 2. The third kappa shape index (κ3) is 7.79. The van der Waals surface area contributed by atoms with E-state index >= 15 is 0 Å². The summed E-state index contributed by atoms with van der Waals surface area (Å²) in [6.45, 7) is 2.79. The van der Waals surface area contributed by atoms with Gasteiger partial charge in [-0.05, 0) is 30.5 Å². The predicted molar refractivity (Wildman–Crippen MR) is 171 cm³/mol. The molecule has 2 aliphatic rings. The average molecular weight is 710 g/mol. The van der Waals surface area contributed by atoms with E-state index in [9.17, 15) is 34.2 Å². The first-order chi connectivity index (χ1) is 22.1. The number of nitrogens with one attached hydrogen (secondary N) is 2. The maximum atomic E-state index is 13.3. The number of thiazole rings is 1. The van der Waals surface area contributed by atoms with E-state index < -0.39 is 46.5 Å². The third-order valence-corrected chi connectivity index (χ3v) is 8.99. The van der Waals surface area contributed by atoms with Gasteiger partial charge in [-0.25, -0.2) is 19.1 Å². The van der Waals surface area contributed by atoms with E-state index in [1.807, 2.05) is 0 Å². The van der Waals surface area contributed by atoms with Crippen molar-refractivity contribution >= 4 is 86.7 Å². The lowest BCUT2D eigenvalue weighted by molar-refractivity contribution is -0.689. The Bertz CT molecular complexity index is 1730. The molecule has 4 rings (SSSR count). The largest absolute Gasteiger partial charge is 0.478 e. The number of oxime groups is 1. The number of carbonyl (C=O) groups is 5. The normalized spacial score (nSPS) is 18.1. The molecule has 1 saturated heterocycles. The van der Waals surface area contributed by atoms with Gasteiger partial charge in [-0.1, -0.05) is 34.2 Å². The Balaban J connectivity index is 1.51. The molecule has 1 fully saturated rings. The van der Waals surface area contributed by atoms with Gasteiger partial charge in [-0.2, -0.15) is 0 Å². The molecule has 0 aromatic carbocycles. The summed E-state index contributed by atoms with van der Waals surface area (Å²) in [6, 6.07) is -1.16. The van der Waals surface area contributed by atoms with Crippen LogP contribution in [-0.2, 0) is 35.4 Å². The molecule has 0 bridgehead atoms. The second kappa shape index (κ2) is 14.3. The molecule has 0 aliphatic carbocycles. The highest BCUT2D eigenvalue weighted by molar-refractivity contribution is 8.00. The minimum absolute atomic E-state index is 0.00525. The molecule has 250 valence electrons. The molecule has 3 amide bonds. The lowest BCUT2D eigenvalue weighted by atomic mass is 10.0. The fraction of sp³-hybridized carbons (Fsp3) is 0.346. The van der Waals surface area contributed by atoms with Gasteiger partial charge in [0.05, 0.1) is 0 Å². The van der Waals surface area contributed by atoms with Crippen molar-refractivity contribution in [1.29, 1.82) is 0 Å². The van der Waals surface area contributed by atoms with Crippen LogP contribution in [0.4, 0.5) is 16.6 Å². The number of carboxylic acids is 2. The summed E-state index contributed by atoms with van der Waals surface area (Å²) in [7, 11) is 0. The van der Waals surface area contributed by atoms with Crippen molar-refractivity contribution < 1.29 is 43.6 Å². The number of β-lactam (4-membered cyclic amide) rings is 1. The minimum Gasteiger partial charge on any atom is -0.478 e. The van der Waals surface area contributed by atoms with Crippen molar-refractivity contribution in [3.63, 3.8) is 0 Å². The van der Waals surface area contributed by atoms with Gasteiger partial charge in [0.1, 0.15) is 39.9 Å². The molecule has 18 nitrogen and oxygen atoms in total. The number of hydrogen-bond donors (Lipinski definition) is 7. The topological polar surface area (TPSA) is 282 Å². The summed E-state index contributed by atoms with van der Waals surface area (Å²) in [5.41, 5.74) is 14.8. The van der Waals surface area contributed by atoms with Gasteiger partial charge in [0.2, 0.25) is 11.5 Å². The molecular formula is C26H30ClN10O8S2+. The minimum atomic E-state index is -1.83. The van der Waals surface area contributed by atoms with Crippen molar-refractivity contribution in [3.8, 4) is 0 Å².